The number of hydrogen-bond acceptors (Lipinski definition) is 7. The van der Waals surface area contributed by atoms with Gasteiger partial charge in [0.2, 0.25) is 0 Å². The summed E-state index contributed by atoms with van der Waals surface area (Å²) in [5, 5.41) is 15.9. The summed E-state index contributed by atoms with van der Waals surface area (Å²) in [6, 6.07) is 3.37. The Balaban J connectivity index is 1.61. The molecule has 136 valence electrons. The zero-order chi connectivity index (χ0) is 18.1. The normalized spacial score (nSPS) is 20.4. The monoisotopic (exact) mass is 389 g/mol. The molecule has 2 N–H and O–H groups in total. The molecule has 8 heteroatoms. The Morgan fingerprint density at radius 3 is 3.15 bits per heavy atom. The molecule has 1 saturated heterocycles. The topological polar surface area (TPSA) is 84.3 Å². The molecule has 0 unspecified atom stereocenters. The molecule has 0 aromatic carbocycles. The van der Waals surface area contributed by atoms with E-state index in [1.54, 1.807) is 22.7 Å². The number of hydrogen-bond donors (Lipinski definition) is 2. The van der Waals surface area contributed by atoms with E-state index >= 15 is 0 Å². The number of aryl methyl sites for hydroxylation is 1. The van der Waals surface area contributed by atoms with Crippen molar-refractivity contribution in [2.45, 2.75) is 31.9 Å². The first kappa shape index (κ1) is 17.5. The smallest absolute Gasteiger partial charge is 0.270 e. The fraction of sp³-hybridized carbons (Fsp3) is 0.389. The van der Waals surface area contributed by atoms with Crippen LogP contribution in [0.5, 0.6) is 0 Å². The molecular formula is C18H19N3O3S2. The van der Waals surface area contributed by atoms with Gasteiger partial charge in [0, 0.05) is 24.1 Å². The molecule has 4 heterocycles. The lowest BCUT2D eigenvalue weighted by Crippen LogP contribution is -2.49. The number of ether oxygens (including phenoxy) is 1. The third kappa shape index (κ3) is 3.64. The molecule has 0 radical (unpaired) electrons. The SMILES string of the molecule is Cc1ncc(Cc2cc(C(=O)N[C@@H]3COCC[C@H]3O)nc3ccsc23)s1. The maximum absolute atomic E-state index is 12.7. The van der Waals surface area contributed by atoms with Crippen LogP contribution < -0.4 is 5.32 Å². The van der Waals surface area contributed by atoms with Gasteiger partial charge in [-0.15, -0.1) is 22.7 Å². The van der Waals surface area contributed by atoms with Crippen LogP contribution in [0.2, 0.25) is 0 Å². The minimum Gasteiger partial charge on any atom is -0.391 e. The molecule has 0 saturated carbocycles. The predicted molar refractivity (Wildman–Crippen MR) is 102 cm³/mol. The number of aromatic nitrogens is 2. The first-order valence-corrected chi connectivity index (χ1v) is 10.1. The van der Waals surface area contributed by atoms with Crippen molar-refractivity contribution in [2.75, 3.05) is 13.2 Å². The highest BCUT2D eigenvalue weighted by atomic mass is 32.1. The van der Waals surface area contributed by atoms with E-state index in [2.05, 4.69) is 15.3 Å². The average Bonchev–Trinajstić information content (AvgIpc) is 3.25. The second-order valence-corrected chi connectivity index (χ2v) is 8.57. The number of thiophene rings is 1. The lowest BCUT2D eigenvalue weighted by Gasteiger charge is -2.28. The molecular weight excluding hydrogens is 370 g/mol. The summed E-state index contributed by atoms with van der Waals surface area (Å²) in [6.07, 6.45) is 2.55. The van der Waals surface area contributed by atoms with Crippen molar-refractivity contribution in [3.05, 3.63) is 44.9 Å². The van der Waals surface area contributed by atoms with Crippen LogP contribution in [0.15, 0.2) is 23.7 Å². The average molecular weight is 390 g/mol. The maximum atomic E-state index is 12.7. The number of carbonyl (C=O) groups excluding carboxylic acids is 1. The van der Waals surface area contributed by atoms with Crippen molar-refractivity contribution in [1.29, 1.82) is 0 Å². The summed E-state index contributed by atoms with van der Waals surface area (Å²) < 4.78 is 6.44. The molecule has 1 fully saturated rings. The largest absolute Gasteiger partial charge is 0.391 e. The Kier molecular flexibility index (Phi) is 4.99. The summed E-state index contributed by atoms with van der Waals surface area (Å²) >= 11 is 3.29. The van der Waals surface area contributed by atoms with E-state index in [0.29, 0.717) is 25.3 Å². The lowest BCUT2D eigenvalue weighted by molar-refractivity contribution is -0.0140. The van der Waals surface area contributed by atoms with Crippen LogP contribution in [0.1, 0.15) is 32.4 Å². The second kappa shape index (κ2) is 7.40. The Morgan fingerprint density at radius 1 is 1.50 bits per heavy atom. The molecule has 3 aromatic rings. The quantitative estimate of drug-likeness (QED) is 0.716. The summed E-state index contributed by atoms with van der Waals surface area (Å²) in [5.41, 5.74) is 2.25. The van der Waals surface area contributed by atoms with Crippen LogP contribution in [0.25, 0.3) is 10.2 Å². The van der Waals surface area contributed by atoms with Crippen LogP contribution in [-0.2, 0) is 11.2 Å². The number of pyridine rings is 1. The Labute approximate surface area is 158 Å². The van der Waals surface area contributed by atoms with Crippen LogP contribution in [0.4, 0.5) is 0 Å². The minimum absolute atomic E-state index is 0.283. The van der Waals surface area contributed by atoms with E-state index < -0.39 is 12.1 Å². The Bertz CT molecular complexity index is 937. The Morgan fingerprint density at radius 2 is 2.38 bits per heavy atom. The van der Waals surface area contributed by atoms with E-state index in [1.165, 1.54) is 0 Å². The van der Waals surface area contributed by atoms with E-state index in [9.17, 15) is 9.90 Å². The maximum Gasteiger partial charge on any atom is 0.270 e. The minimum atomic E-state index is -0.586. The highest BCUT2D eigenvalue weighted by molar-refractivity contribution is 7.17. The van der Waals surface area contributed by atoms with E-state index in [1.807, 2.05) is 30.6 Å². The number of carbonyl (C=O) groups is 1. The van der Waals surface area contributed by atoms with Gasteiger partial charge in [0.25, 0.3) is 5.91 Å². The fourth-order valence-electron chi connectivity index (χ4n) is 3.05. The molecule has 0 spiro atoms. The van der Waals surface area contributed by atoms with Gasteiger partial charge in [-0.3, -0.25) is 4.79 Å². The number of fused-ring (bicyclic) bond motifs is 1. The van der Waals surface area contributed by atoms with Crippen molar-refractivity contribution in [3.63, 3.8) is 0 Å². The van der Waals surface area contributed by atoms with Gasteiger partial charge in [0.15, 0.2) is 0 Å². The van der Waals surface area contributed by atoms with Gasteiger partial charge in [0.05, 0.1) is 34.0 Å². The van der Waals surface area contributed by atoms with Gasteiger partial charge in [-0.1, -0.05) is 0 Å². The van der Waals surface area contributed by atoms with E-state index in [4.69, 9.17) is 4.74 Å². The highest BCUT2D eigenvalue weighted by Gasteiger charge is 2.26. The molecule has 0 aliphatic carbocycles. The lowest BCUT2D eigenvalue weighted by atomic mass is 10.1. The fourth-order valence-corrected chi connectivity index (χ4v) is 4.72. The second-order valence-electron chi connectivity index (χ2n) is 6.33. The summed E-state index contributed by atoms with van der Waals surface area (Å²) in [4.78, 5) is 22.7. The van der Waals surface area contributed by atoms with Crippen LogP contribution in [0, 0.1) is 6.92 Å². The van der Waals surface area contributed by atoms with Crippen molar-refractivity contribution in [2.24, 2.45) is 0 Å². The zero-order valence-electron chi connectivity index (χ0n) is 14.3. The molecule has 1 aliphatic heterocycles. The predicted octanol–water partition coefficient (Wildman–Crippen LogP) is 2.53. The highest BCUT2D eigenvalue weighted by Crippen LogP contribution is 2.28. The van der Waals surface area contributed by atoms with Gasteiger partial charge in [-0.25, -0.2) is 9.97 Å². The number of aliphatic hydroxyl groups is 1. The third-order valence-electron chi connectivity index (χ3n) is 4.39. The van der Waals surface area contributed by atoms with Gasteiger partial charge < -0.3 is 15.2 Å². The van der Waals surface area contributed by atoms with Crippen LogP contribution in [0.3, 0.4) is 0 Å². The molecule has 3 aromatic heterocycles. The van der Waals surface area contributed by atoms with Crippen molar-refractivity contribution in [3.8, 4) is 0 Å². The summed E-state index contributed by atoms with van der Waals surface area (Å²) in [5.74, 6) is -0.283. The number of aliphatic hydroxyl groups excluding tert-OH is 1. The number of thiazole rings is 1. The number of nitrogens with one attached hydrogen (secondary N) is 1. The van der Waals surface area contributed by atoms with Gasteiger partial charge >= 0.3 is 0 Å². The zero-order valence-corrected chi connectivity index (χ0v) is 15.9. The van der Waals surface area contributed by atoms with Crippen LogP contribution >= 0.6 is 22.7 Å². The first-order valence-electron chi connectivity index (χ1n) is 8.45. The number of amides is 1. The summed E-state index contributed by atoms with van der Waals surface area (Å²) in [6.45, 7) is 2.82. The molecule has 1 amide bonds. The first-order chi connectivity index (χ1) is 12.6. The number of rotatable bonds is 4. The molecule has 4 rings (SSSR count). The molecule has 2 atom stereocenters. The summed E-state index contributed by atoms with van der Waals surface area (Å²) in [7, 11) is 0. The molecule has 26 heavy (non-hydrogen) atoms. The Hall–Kier alpha value is -1.87. The molecule has 0 bridgehead atoms. The van der Waals surface area contributed by atoms with Crippen LogP contribution in [-0.4, -0.2) is 46.3 Å². The third-order valence-corrected chi connectivity index (χ3v) is 6.28. The van der Waals surface area contributed by atoms with Crippen molar-refractivity contribution < 1.29 is 14.6 Å². The van der Waals surface area contributed by atoms with E-state index in [-0.39, 0.29) is 5.91 Å². The van der Waals surface area contributed by atoms with Crippen molar-refractivity contribution >= 4 is 38.8 Å². The van der Waals surface area contributed by atoms with Gasteiger partial charge in [-0.05, 0) is 36.4 Å². The van der Waals surface area contributed by atoms with Crippen molar-refractivity contribution in [1.82, 2.24) is 15.3 Å². The van der Waals surface area contributed by atoms with E-state index in [0.717, 1.165) is 32.1 Å². The van der Waals surface area contributed by atoms with Gasteiger partial charge in [0.1, 0.15) is 5.69 Å². The number of nitrogens with zero attached hydrogens (tertiary/aromatic N) is 2. The molecule has 1 aliphatic rings. The standard InChI is InChI=1S/C18H19N3O3S2/c1-10-19-8-12(26-10)6-11-7-14(20-13-3-5-25-17(11)13)18(23)21-15-9-24-4-2-16(15)22/h3,5,7-8,15-16,22H,2,4,6,9H2,1H3,(H,21,23)/t15-,16-/m1/s1. The van der Waals surface area contributed by atoms with Gasteiger partial charge in [-0.2, -0.15) is 0 Å². The molecule has 6 nitrogen and oxygen atoms in total.